The Balaban J connectivity index is 3.20. The van der Waals surface area contributed by atoms with E-state index >= 15 is 0 Å². The topological polar surface area (TPSA) is 38.3 Å². The van der Waals surface area contributed by atoms with Gasteiger partial charge in [-0.05, 0) is 6.42 Å². The van der Waals surface area contributed by atoms with Crippen LogP contribution in [0, 0.1) is 0 Å². The molecule has 0 unspecified atom stereocenters. The van der Waals surface area contributed by atoms with Crippen LogP contribution in [0.4, 0.5) is 0 Å². The number of allylic oxidation sites excluding steroid dienone is 1. The Hall–Kier alpha value is -0.990. The van der Waals surface area contributed by atoms with Gasteiger partial charge in [0.1, 0.15) is 0 Å². The summed E-state index contributed by atoms with van der Waals surface area (Å²) >= 11 is 0. The van der Waals surface area contributed by atoms with E-state index in [1.807, 2.05) is 6.92 Å². The molecular weight excluding hydrogens is 130 g/mol. The Morgan fingerprint density at radius 2 is 2.30 bits per heavy atom. The first kappa shape index (κ1) is 9.01. The molecule has 0 saturated heterocycles. The lowest BCUT2D eigenvalue weighted by molar-refractivity contribution is -0.141. The minimum atomic E-state index is -0.281. The molecule has 58 valence electrons. The highest BCUT2D eigenvalue weighted by Gasteiger charge is 1.90. The summed E-state index contributed by atoms with van der Waals surface area (Å²) in [6, 6.07) is 0. The molecule has 0 aliphatic rings. The van der Waals surface area contributed by atoms with Crippen LogP contribution in [0.2, 0.25) is 0 Å². The standard InChI is InChI=1S/C7H13NO2/c1-4-6(2)8-5-10-7(3)9/h8H,2,4-5H2,1,3H3. The van der Waals surface area contributed by atoms with E-state index in [9.17, 15) is 4.79 Å². The molecule has 1 N–H and O–H groups in total. The van der Waals surface area contributed by atoms with Gasteiger partial charge in [-0.15, -0.1) is 0 Å². The van der Waals surface area contributed by atoms with Crippen molar-refractivity contribution in [3.8, 4) is 0 Å². The predicted molar refractivity (Wildman–Crippen MR) is 39.2 cm³/mol. The second-order valence-electron chi connectivity index (χ2n) is 1.91. The van der Waals surface area contributed by atoms with Gasteiger partial charge in [0.2, 0.25) is 0 Å². The van der Waals surface area contributed by atoms with E-state index in [1.54, 1.807) is 0 Å². The molecule has 0 aliphatic carbocycles. The fraction of sp³-hybridized carbons (Fsp3) is 0.571. The molecule has 0 aliphatic heterocycles. The van der Waals surface area contributed by atoms with Gasteiger partial charge in [0.05, 0.1) is 0 Å². The van der Waals surface area contributed by atoms with Crippen molar-refractivity contribution >= 4 is 5.97 Å². The summed E-state index contributed by atoms with van der Waals surface area (Å²) in [6.45, 7) is 7.24. The van der Waals surface area contributed by atoms with E-state index in [0.717, 1.165) is 12.1 Å². The summed E-state index contributed by atoms with van der Waals surface area (Å²) in [7, 11) is 0. The van der Waals surface area contributed by atoms with Crippen molar-refractivity contribution in [2.24, 2.45) is 0 Å². The summed E-state index contributed by atoms with van der Waals surface area (Å²) in [4.78, 5) is 10.2. The average Bonchev–Trinajstić information content (AvgIpc) is 1.87. The zero-order chi connectivity index (χ0) is 7.98. The molecule has 0 radical (unpaired) electrons. The predicted octanol–water partition coefficient (Wildman–Crippen LogP) is 1.02. The highest BCUT2D eigenvalue weighted by Crippen LogP contribution is 1.88. The fourth-order valence-corrected chi connectivity index (χ4v) is 0.365. The minimum Gasteiger partial charge on any atom is -0.445 e. The molecule has 3 heteroatoms. The van der Waals surface area contributed by atoms with Crippen molar-refractivity contribution in [2.45, 2.75) is 20.3 Å². The van der Waals surface area contributed by atoms with Gasteiger partial charge < -0.3 is 10.1 Å². The first-order chi connectivity index (χ1) is 4.66. The number of carbonyl (C=O) groups excluding carboxylic acids is 1. The Bertz CT molecular complexity index is 132. The average molecular weight is 143 g/mol. The number of rotatable bonds is 4. The molecule has 0 atom stereocenters. The van der Waals surface area contributed by atoms with Crippen LogP contribution in [0.3, 0.4) is 0 Å². The third-order valence-electron chi connectivity index (χ3n) is 1.02. The Morgan fingerprint density at radius 1 is 1.70 bits per heavy atom. The van der Waals surface area contributed by atoms with Gasteiger partial charge in [0.15, 0.2) is 6.73 Å². The van der Waals surface area contributed by atoms with Crippen LogP contribution in [-0.4, -0.2) is 12.7 Å². The second kappa shape index (κ2) is 4.85. The van der Waals surface area contributed by atoms with Gasteiger partial charge in [-0.25, -0.2) is 0 Å². The summed E-state index contributed by atoms with van der Waals surface area (Å²) in [5.41, 5.74) is 0.876. The van der Waals surface area contributed by atoms with Gasteiger partial charge in [-0.3, -0.25) is 4.79 Å². The SMILES string of the molecule is C=C(CC)NCOC(C)=O. The fourth-order valence-electron chi connectivity index (χ4n) is 0.365. The number of esters is 1. The number of hydrogen-bond donors (Lipinski definition) is 1. The van der Waals surface area contributed by atoms with Crippen LogP contribution in [0.15, 0.2) is 12.3 Å². The van der Waals surface area contributed by atoms with Gasteiger partial charge in [-0.1, -0.05) is 13.5 Å². The quantitative estimate of drug-likeness (QED) is 0.471. The van der Waals surface area contributed by atoms with Gasteiger partial charge in [0.25, 0.3) is 0 Å². The zero-order valence-corrected chi connectivity index (χ0v) is 6.44. The smallest absolute Gasteiger partial charge is 0.304 e. The van der Waals surface area contributed by atoms with Crippen molar-refractivity contribution in [3.63, 3.8) is 0 Å². The molecule has 3 nitrogen and oxygen atoms in total. The lowest BCUT2D eigenvalue weighted by Crippen LogP contribution is -2.17. The van der Waals surface area contributed by atoms with Crippen LogP contribution in [0.5, 0.6) is 0 Å². The molecule has 0 rings (SSSR count). The van der Waals surface area contributed by atoms with Crippen LogP contribution in [0.25, 0.3) is 0 Å². The molecule has 10 heavy (non-hydrogen) atoms. The molecule has 0 heterocycles. The highest BCUT2D eigenvalue weighted by molar-refractivity contribution is 5.65. The van der Waals surface area contributed by atoms with E-state index in [1.165, 1.54) is 6.92 Å². The maximum absolute atomic E-state index is 10.2. The molecule has 0 aromatic rings. The van der Waals surface area contributed by atoms with Crippen LogP contribution in [0.1, 0.15) is 20.3 Å². The van der Waals surface area contributed by atoms with Crippen molar-refractivity contribution in [3.05, 3.63) is 12.3 Å². The molecular formula is C7H13NO2. The highest BCUT2D eigenvalue weighted by atomic mass is 16.5. The largest absolute Gasteiger partial charge is 0.445 e. The maximum Gasteiger partial charge on any atom is 0.304 e. The lowest BCUT2D eigenvalue weighted by Gasteiger charge is -2.05. The van der Waals surface area contributed by atoms with Gasteiger partial charge >= 0.3 is 5.97 Å². The summed E-state index contributed by atoms with van der Waals surface area (Å²) in [5.74, 6) is -0.281. The maximum atomic E-state index is 10.2. The van der Waals surface area contributed by atoms with Crippen LogP contribution in [-0.2, 0) is 9.53 Å². The number of ether oxygens (including phenoxy) is 1. The Kier molecular flexibility index (Phi) is 4.37. The molecule has 0 saturated carbocycles. The van der Waals surface area contributed by atoms with E-state index < -0.39 is 0 Å². The molecule has 0 aromatic carbocycles. The second-order valence-corrected chi connectivity index (χ2v) is 1.91. The first-order valence-corrected chi connectivity index (χ1v) is 3.21. The van der Waals surface area contributed by atoms with Crippen molar-refractivity contribution < 1.29 is 9.53 Å². The van der Waals surface area contributed by atoms with Crippen LogP contribution < -0.4 is 5.32 Å². The normalized spacial score (nSPS) is 8.60. The zero-order valence-electron chi connectivity index (χ0n) is 6.44. The van der Waals surface area contributed by atoms with E-state index in [-0.39, 0.29) is 12.7 Å². The van der Waals surface area contributed by atoms with Crippen molar-refractivity contribution in [1.29, 1.82) is 0 Å². The summed E-state index contributed by atoms with van der Waals surface area (Å²) in [5, 5.41) is 2.83. The van der Waals surface area contributed by atoms with Crippen molar-refractivity contribution in [2.75, 3.05) is 6.73 Å². The van der Waals surface area contributed by atoms with E-state index in [2.05, 4.69) is 16.6 Å². The van der Waals surface area contributed by atoms with Gasteiger partial charge in [0, 0.05) is 12.6 Å². The van der Waals surface area contributed by atoms with Gasteiger partial charge in [-0.2, -0.15) is 0 Å². The molecule has 0 amide bonds. The van der Waals surface area contributed by atoms with E-state index in [0.29, 0.717) is 0 Å². The number of carbonyl (C=O) groups is 1. The summed E-state index contributed by atoms with van der Waals surface area (Å²) < 4.78 is 4.60. The Labute approximate surface area is 61.1 Å². The number of hydrogen-bond acceptors (Lipinski definition) is 3. The van der Waals surface area contributed by atoms with Crippen molar-refractivity contribution in [1.82, 2.24) is 5.32 Å². The first-order valence-electron chi connectivity index (χ1n) is 3.21. The third-order valence-corrected chi connectivity index (χ3v) is 1.02. The lowest BCUT2D eigenvalue weighted by atomic mass is 10.4. The molecule has 0 fully saturated rings. The van der Waals surface area contributed by atoms with E-state index in [4.69, 9.17) is 0 Å². The minimum absolute atomic E-state index is 0.224. The summed E-state index contributed by atoms with van der Waals surface area (Å²) in [6.07, 6.45) is 0.848. The number of nitrogens with one attached hydrogen (secondary N) is 1. The molecule has 0 spiro atoms. The Morgan fingerprint density at radius 3 is 2.70 bits per heavy atom. The monoisotopic (exact) mass is 143 g/mol. The van der Waals surface area contributed by atoms with Crippen LogP contribution >= 0.6 is 0 Å². The molecule has 0 bridgehead atoms. The molecule has 0 aromatic heterocycles. The third kappa shape index (κ3) is 5.15.